The van der Waals surface area contributed by atoms with Crippen LogP contribution < -0.4 is 15.4 Å². The summed E-state index contributed by atoms with van der Waals surface area (Å²) in [7, 11) is 0. The van der Waals surface area contributed by atoms with Crippen LogP contribution in [0.3, 0.4) is 0 Å². The first-order valence-corrected chi connectivity index (χ1v) is 14.0. The second kappa shape index (κ2) is 17.7. The number of hydrogen-bond donors (Lipinski definition) is 3. The average molecular weight is 565 g/mol. The van der Waals surface area contributed by atoms with Gasteiger partial charge in [-0.2, -0.15) is 0 Å². The number of rotatable bonds is 19. The Morgan fingerprint density at radius 2 is 1.71 bits per heavy atom. The van der Waals surface area contributed by atoms with Gasteiger partial charge in [0, 0.05) is 12.8 Å². The minimum absolute atomic E-state index is 0.0152. The molecule has 222 valence electrons. The Balaban J connectivity index is 1.85. The van der Waals surface area contributed by atoms with Crippen molar-refractivity contribution in [1.82, 2.24) is 10.6 Å². The largest absolute Gasteiger partial charge is 0.489 e. The van der Waals surface area contributed by atoms with E-state index in [0.29, 0.717) is 25.9 Å². The van der Waals surface area contributed by atoms with E-state index in [9.17, 15) is 19.5 Å². The zero-order valence-corrected chi connectivity index (χ0v) is 24.3. The van der Waals surface area contributed by atoms with E-state index >= 15 is 0 Å². The third-order valence-electron chi connectivity index (χ3n) is 6.34. The molecule has 41 heavy (non-hydrogen) atoms. The standard InChI is InChI=1S/C33H44N2O6/c1-5-7-9-15-31(38)41-24-33(3,4)35-32(39)27(12-6-2)21-30(37)34-28(22-36)20-25-16-18-29(19-17-25)40-23-26-13-10-8-11-14-26/h5-6,8,10-11,13-14,16-19,27-28,36H,1-2,7,9,12,15,20-24H2,3-4H3,(H,34,37)(H,35,39)/t27-,28+/m1/s1. The van der Waals surface area contributed by atoms with Crippen molar-refractivity contribution >= 4 is 17.8 Å². The highest BCUT2D eigenvalue weighted by molar-refractivity contribution is 5.86. The number of nitrogens with one attached hydrogen (secondary N) is 2. The molecule has 0 saturated carbocycles. The molecule has 0 aliphatic rings. The van der Waals surface area contributed by atoms with Gasteiger partial charge >= 0.3 is 5.97 Å². The predicted octanol–water partition coefficient (Wildman–Crippen LogP) is 4.66. The van der Waals surface area contributed by atoms with Crippen LogP contribution in [0, 0.1) is 5.92 Å². The molecule has 2 aromatic carbocycles. The predicted molar refractivity (Wildman–Crippen MR) is 160 cm³/mol. The number of benzene rings is 2. The second-order valence-corrected chi connectivity index (χ2v) is 10.7. The van der Waals surface area contributed by atoms with Crippen LogP contribution in [0.5, 0.6) is 5.75 Å². The van der Waals surface area contributed by atoms with Crippen molar-refractivity contribution in [1.29, 1.82) is 0 Å². The Bertz CT molecular complexity index is 1110. The maximum Gasteiger partial charge on any atom is 0.305 e. The monoisotopic (exact) mass is 564 g/mol. The molecular formula is C33H44N2O6. The Labute approximate surface area is 243 Å². The summed E-state index contributed by atoms with van der Waals surface area (Å²) < 4.78 is 11.1. The molecule has 2 amide bonds. The van der Waals surface area contributed by atoms with E-state index < -0.39 is 17.5 Å². The molecule has 0 aliphatic carbocycles. The van der Waals surface area contributed by atoms with Gasteiger partial charge in [0.2, 0.25) is 11.8 Å². The van der Waals surface area contributed by atoms with Gasteiger partial charge in [0.15, 0.2) is 0 Å². The first-order chi connectivity index (χ1) is 19.7. The molecule has 2 atom stereocenters. The topological polar surface area (TPSA) is 114 Å². The van der Waals surface area contributed by atoms with Gasteiger partial charge in [-0.15, -0.1) is 13.2 Å². The van der Waals surface area contributed by atoms with Crippen LogP contribution in [0.15, 0.2) is 79.9 Å². The summed E-state index contributed by atoms with van der Waals surface area (Å²) in [5.74, 6) is -0.943. The van der Waals surface area contributed by atoms with Crippen molar-refractivity contribution in [3.63, 3.8) is 0 Å². The fraction of sp³-hybridized carbons (Fsp3) is 0.424. The first kappa shape index (κ1) is 33.3. The molecule has 0 bridgehead atoms. The van der Waals surface area contributed by atoms with Crippen LogP contribution in [0.25, 0.3) is 0 Å². The van der Waals surface area contributed by atoms with Crippen LogP contribution in [-0.4, -0.2) is 47.7 Å². The fourth-order valence-corrected chi connectivity index (χ4v) is 4.10. The van der Waals surface area contributed by atoms with Crippen molar-refractivity contribution in [2.24, 2.45) is 5.92 Å². The maximum absolute atomic E-state index is 13.0. The quantitative estimate of drug-likeness (QED) is 0.130. The van der Waals surface area contributed by atoms with E-state index in [1.807, 2.05) is 54.6 Å². The van der Waals surface area contributed by atoms with Crippen molar-refractivity contribution < 1.29 is 29.0 Å². The lowest BCUT2D eigenvalue weighted by Crippen LogP contribution is -2.50. The zero-order valence-electron chi connectivity index (χ0n) is 24.3. The molecule has 2 aromatic rings. The van der Waals surface area contributed by atoms with Gasteiger partial charge in [-0.05, 0) is 62.8 Å². The maximum atomic E-state index is 13.0. The van der Waals surface area contributed by atoms with Crippen molar-refractivity contribution in [3.8, 4) is 5.75 Å². The van der Waals surface area contributed by atoms with E-state index in [1.165, 1.54) is 0 Å². The number of carbonyl (C=O) groups is 3. The van der Waals surface area contributed by atoms with Gasteiger partial charge in [0.05, 0.1) is 24.1 Å². The summed E-state index contributed by atoms with van der Waals surface area (Å²) in [4.78, 5) is 37.8. The fourth-order valence-electron chi connectivity index (χ4n) is 4.10. The van der Waals surface area contributed by atoms with Gasteiger partial charge in [-0.3, -0.25) is 14.4 Å². The molecule has 0 aliphatic heterocycles. The lowest BCUT2D eigenvalue weighted by Gasteiger charge is -2.28. The number of aliphatic hydroxyl groups is 1. The minimum Gasteiger partial charge on any atom is -0.489 e. The molecule has 0 spiro atoms. The number of unbranched alkanes of at least 4 members (excludes halogenated alkanes) is 1. The Morgan fingerprint density at radius 3 is 2.34 bits per heavy atom. The van der Waals surface area contributed by atoms with Gasteiger partial charge < -0.3 is 25.2 Å². The number of hydrogen-bond acceptors (Lipinski definition) is 6. The van der Waals surface area contributed by atoms with E-state index in [0.717, 1.165) is 23.3 Å². The Kier molecular flexibility index (Phi) is 14.4. The third-order valence-corrected chi connectivity index (χ3v) is 6.34. The molecule has 0 fully saturated rings. The summed E-state index contributed by atoms with van der Waals surface area (Å²) >= 11 is 0. The molecule has 0 heterocycles. The third kappa shape index (κ3) is 13.3. The molecule has 0 radical (unpaired) electrons. The molecule has 0 unspecified atom stereocenters. The van der Waals surface area contributed by atoms with Gasteiger partial charge in [-0.1, -0.05) is 54.6 Å². The van der Waals surface area contributed by atoms with E-state index in [1.54, 1.807) is 26.0 Å². The van der Waals surface area contributed by atoms with Crippen LogP contribution >= 0.6 is 0 Å². The number of allylic oxidation sites excluding steroid dienone is 2. The SMILES string of the molecule is C=CCCCC(=O)OCC(C)(C)NC(=O)[C@H](CC=C)CC(=O)N[C@H](CO)Cc1ccc(OCc2ccccc2)cc1. The number of carbonyl (C=O) groups excluding carboxylic acids is 3. The number of esters is 1. The molecule has 8 heteroatoms. The Morgan fingerprint density at radius 1 is 1.00 bits per heavy atom. The highest BCUT2D eigenvalue weighted by Crippen LogP contribution is 2.17. The molecule has 0 aromatic heterocycles. The van der Waals surface area contributed by atoms with Crippen LogP contribution in [-0.2, 0) is 32.1 Å². The summed E-state index contributed by atoms with van der Waals surface area (Å²) in [6.45, 7) is 11.1. The molecular weight excluding hydrogens is 520 g/mol. The van der Waals surface area contributed by atoms with Crippen LogP contribution in [0.1, 0.15) is 57.1 Å². The molecule has 3 N–H and O–H groups in total. The Hall–Kier alpha value is -3.91. The molecule has 8 nitrogen and oxygen atoms in total. The number of ether oxygens (including phenoxy) is 2. The second-order valence-electron chi connectivity index (χ2n) is 10.7. The van der Waals surface area contributed by atoms with Crippen molar-refractivity contribution in [3.05, 3.63) is 91.0 Å². The normalized spacial score (nSPS) is 12.5. The lowest BCUT2D eigenvalue weighted by atomic mass is 9.97. The summed E-state index contributed by atoms with van der Waals surface area (Å²) in [6, 6.07) is 16.9. The molecule has 2 rings (SSSR count). The first-order valence-electron chi connectivity index (χ1n) is 14.0. The summed E-state index contributed by atoms with van der Waals surface area (Å²) in [5, 5.41) is 15.6. The van der Waals surface area contributed by atoms with E-state index in [-0.39, 0.29) is 43.8 Å². The highest BCUT2D eigenvalue weighted by Gasteiger charge is 2.28. The van der Waals surface area contributed by atoms with E-state index in [2.05, 4.69) is 23.8 Å². The van der Waals surface area contributed by atoms with Crippen LogP contribution in [0.2, 0.25) is 0 Å². The number of aliphatic hydroxyl groups excluding tert-OH is 1. The van der Waals surface area contributed by atoms with E-state index in [4.69, 9.17) is 9.47 Å². The smallest absolute Gasteiger partial charge is 0.305 e. The zero-order chi connectivity index (χ0) is 30.1. The van der Waals surface area contributed by atoms with Crippen molar-refractivity contribution in [2.45, 2.75) is 70.6 Å². The number of amides is 2. The average Bonchev–Trinajstić information content (AvgIpc) is 2.95. The molecule has 0 saturated heterocycles. The lowest BCUT2D eigenvalue weighted by molar-refractivity contribution is -0.146. The van der Waals surface area contributed by atoms with Gasteiger partial charge in [0.25, 0.3) is 0 Å². The highest BCUT2D eigenvalue weighted by atomic mass is 16.5. The minimum atomic E-state index is -0.814. The summed E-state index contributed by atoms with van der Waals surface area (Å²) in [5.41, 5.74) is 1.19. The van der Waals surface area contributed by atoms with Crippen molar-refractivity contribution in [2.75, 3.05) is 13.2 Å². The summed E-state index contributed by atoms with van der Waals surface area (Å²) in [6.07, 6.45) is 5.66. The van der Waals surface area contributed by atoms with Gasteiger partial charge in [-0.25, -0.2) is 0 Å². The van der Waals surface area contributed by atoms with Crippen LogP contribution in [0.4, 0.5) is 0 Å². The van der Waals surface area contributed by atoms with Gasteiger partial charge in [0.1, 0.15) is 19.0 Å².